The molecule has 30 heavy (non-hydrogen) atoms. The molecule has 0 aromatic heterocycles. The minimum absolute atomic E-state index is 0.408. The first-order valence-electron chi connectivity index (χ1n) is 13.4. The third-order valence-corrected chi connectivity index (χ3v) is 11.0. The lowest BCUT2D eigenvalue weighted by molar-refractivity contribution is -0.127. The van der Waals surface area contributed by atoms with Crippen molar-refractivity contribution in [1.82, 2.24) is 0 Å². The molecule has 4 aliphatic rings. The molecular formula is C29H48O. The van der Waals surface area contributed by atoms with Crippen molar-refractivity contribution < 1.29 is 4.79 Å². The number of hydrogen-bond donors (Lipinski definition) is 0. The summed E-state index contributed by atoms with van der Waals surface area (Å²) in [6.07, 6.45) is 15.2. The molecule has 170 valence electrons. The van der Waals surface area contributed by atoms with Crippen molar-refractivity contribution in [3.63, 3.8) is 0 Å². The third-order valence-electron chi connectivity index (χ3n) is 11.0. The number of rotatable bonds is 6. The Hall–Kier alpha value is -0.590. The largest absolute Gasteiger partial charge is 0.300 e. The van der Waals surface area contributed by atoms with Gasteiger partial charge in [0.2, 0.25) is 0 Å². The first kappa shape index (κ1) is 22.6. The summed E-state index contributed by atoms with van der Waals surface area (Å²) in [5.41, 5.74) is 4.67. The molecule has 1 nitrogen and oxygen atoms in total. The van der Waals surface area contributed by atoms with E-state index < -0.39 is 0 Å². The van der Waals surface area contributed by atoms with Crippen molar-refractivity contribution >= 4 is 5.78 Å². The van der Waals surface area contributed by atoms with Gasteiger partial charge in [0, 0.05) is 12.8 Å². The lowest BCUT2D eigenvalue weighted by atomic mass is 9.49. The number of Topliss-reactive ketones (excluding diaryl/α,β-unsaturated/α-hetero) is 1. The number of carbonyl (C=O) groups excluding carboxylic acids is 1. The molecule has 0 heterocycles. The van der Waals surface area contributed by atoms with E-state index in [1.165, 1.54) is 57.8 Å². The minimum Gasteiger partial charge on any atom is -0.300 e. The molecule has 0 aromatic carbocycles. The maximum atomic E-state index is 12.1. The molecule has 0 N–H and O–H groups in total. The average Bonchev–Trinajstić information content (AvgIpc) is 3.06. The normalized spacial score (nSPS) is 40.8. The molecule has 0 saturated heterocycles. The molecule has 4 aliphatic carbocycles. The highest BCUT2D eigenvalue weighted by molar-refractivity contribution is 5.79. The standard InChI is InChI=1S/C29H48O/c1-7-21(19(2)3)9-8-20(4)25-12-13-26-24-11-10-22-18-23(30)14-16-28(22,5)27(24)15-17-29(25,26)6/h19-22,25,27H,7-18H2,1-6H3/t20?,21?,22-,25+,27-,28-,29+/m0/s1. The van der Waals surface area contributed by atoms with E-state index in [0.29, 0.717) is 22.5 Å². The Morgan fingerprint density at radius 3 is 2.43 bits per heavy atom. The van der Waals surface area contributed by atoms with Gasteiger partial charge in [-0.25, -0.2) is 0 Å². The lowest BCUT2D eigenvalue weighted by Crippen LogP contribution is -2.47. The summed E-state index contributed by atoms with van der Waals surface area (Å²) in [5, 5.41) is 0. The number of ketones is 1. The Morgan fingerprint density at radius 1 is 0.967 bits per heavy atom. The highest BCUT2D eigenvalue weighted by Crippen LogP contribution is 2.65. The highest BCUT2D eigenvalue weighted by Gasteiger charge is 2.55. The van der Waals surface area contributed by atoms with Gasteiger partial charge in [-0.1, -0.05) is 65.5 Å². The summed E-state index contributed by atoms with van der Waals surface area (Å²) in [4.78, 5) is 12.1. The Morgan fingerprint density at radius 2 is 1.73 bits per heavy atom. The summed E-state index contributed by atoms with van der Waals surface area (Å²) in [6, 6.07) is 0. The maximum absolute atomic E-state index is 12.1. The van der Waals surface area contributed by atoms with Crippen LogP contribution in [0.1, 0.15) is 119 Å². The summed E-state index contributed by atoms with van der Waals surface area (Å²) in [5.74, 6) is 5.46. The first-order valence-corrected chi connectivity index (χ1v) is 13.4. The van der Waals surface area contributed by atoms with Gasteiger partial charge >= 0.3 is 0 Å². The third kappa shape index (κ3) is 3.65. The Balaban J connectivity index is 1.52. The molecule has 3 fully saturated rings. The van der Waals surface area contributed by atoms with Gasteiger partial charge in [-0.05, 0) is 97.7 Å². The summed E-state index contributed by atoms with van der Waals surface area (Å²) in [6.45, 7) is 15.0. The molecule has 7 atom stereocenters. The van der Waals surface area contributed by atoms with Gasteiger partial charge in [0.1, 0.15) is 5.78 Å². The SMILES string of the molecule is CCC(CCC(C)[C@H]1CCC2=C3CC[C@H]4CC(=O)CC[C@]4(C)[C@H]3CC[C@@]21C)C(C)C. The van der Waals surface area contributed by atoms with Crippen molar-refractivity contribution in [3.05, 3.63) is 11.1 Å². The molecule has 1 heteroatoms. The number of hydrogen-bond acceptors (Lipinski definition) is 1. The lowest BCUT2D eigenvalue weighted by Gasteiger charge is -2.56. The number of carbonyl (C=O) groups is 1. The molecule has 0 aliphatic heterocycles. The van der Waals surface area contributed by atoms with E-state index in [2.05, 4.69) is 41.5 Å². The van der Waals surface area contributed by atoms with Crippen molar-refractivity contribution in [1.29, 1.82) is 0 Å². The van der Waals surface area contributed by atoms with Gasteiger partial charge in [-0.2, -0.15) is 0 Å². The van der Waals surface area contributed by atoms with Crippen LogP contribution in [0.3, 0.4) is 0 Å². The van der Waals surface area contributed by atoms with Crippen LogP contribution in [0.15, 0.2) is 11.1 Å². The zero-order valence-corrected chi connectivity index (χ0v) is 20.9. The second-order valence-corrected chi connectivity index (χ2v) is 12.6. The zero-order chi connectivity index (χ0) is 21.7. The monoisotopic (exact) mass is 412 g/mol. The smallest absolute Gasteiger partial charge is 0.133 e. The predicted molar refractivity (Wildman–Crippen MR) is 127 cm³/mol. The van der Waals surface area contributed by atoms with Gasteiger partial charge in [0.25, 0.3) is 0 Å². The molecule has 2 unspecified atom stereocenters. The molecule has 3 saturated carbocycles. The van der Waals surface area contributed by atoms with Crippen LogP contribution in [0.25, 0.3) is 0 Å². The van der Waals surface area contributed by atoms with E-state index in [4.69, 9.17) is 0 Å². The second kappa shape index (κ2) is 8.40. The van der Waals surface area contributed by atoms with Crippen LogP contribution in [0.2, 0.25) is 0 Å². The highest BCUT2D eigenvalue weighted by atomic mass is 16.1. The van der Waals surface area contributed by atoms with E-state index in [0.717, 1.165) is 48.9 Å². The van der Waals surface area contributed by atoms with Crippen LogP contribution in [0.5, 0.6) is 0 Å². The van der Waals surface area contributed by atoms with Gasteiger partial charge in [-0.3, -0.25) is 4.79 Å². The van der Waals surface area contributed by atoms with E-state index >= 15 is 0 Å². The summed E-state index contributed by atoms with van der Waals surface area (Å²) >= 11 is 0. The van der Waals surface area contributed by atoms with Crippen LogP contribution >= 0.6 is 0 Å². The fourth-order valence-electron chi connectivity index (χ4n) is 8.92. The molecule has 0 spiro atoms. The van der Waals surface area contributed by atoms with Gasteiger partial charge in [-0.15, -0.1) is 0 Å². The van der Waals surface area contributed by atoms with Gasteiger partial charge < -0.3 is 0 Å². The molecule has 0 aromatic rings. The zero-order valence-electron chi connectivity index (χ0n) is 20.9. The van der Waals surface area contributed by atoms with Crippen molar-refractivity contribution in [2.24, 2.45) is 46.3 Å². The first-order chi connectivity index (χ1) is 14.2. The molecule has 0 radical (unpaired) electrons. The molecular weight excluding hydrogens is 364 g/mol. The average molecular weight is 413 g/mol. The van der Waals surface area contributed by atoms with Gasteiger partial charge in [0.15, 0.2) is 0 Å². The van der Waals surface area contributed by atoms with Crippen LogP contribution in [-0.2, 0) is 4.79 Å². The van der Waals surface area contributed by atoms with Crippen LogP contribution in [-0.4, -0.2) is 5.78 Å². The minimum atomic E-state index is 0.408. The molecule has 0 bridgehead atoms. The maximum Gasteiger partial charge on any atom is 0.133 e. The fourth-order valence-corrected chi connectivity index (χ4v) is 8.92. The van der Waals surface area contributed by atoms with E-state index in [9.17, 15) is 4.79 Å². The quantitative estimate of drug-likeness (QED) is 0.400. The van der Waals surface area contributed by atoms with Crippen LogP contribution in [0.4, 0.5) is 0 Å². The number of fused-ring (bicyclic) bond motifs is 4. The Bertz CT molecular complexity index is 686. The van der Waals surface area contributed by atoms with E-state index in [1.54, 1.807) is 0 Å². The topological polar surface area (TPSA) is 17.1 Å². The second-order valence-electron chi connectivity index (χ2n) is 12.6. The van der Waals surface area contributed by atoms with Gasteiger partial charge in [0.05, 0.1) is 0 Å². The van der Waals surface area contributed by atoms with Crippen molar-refractivity contribution in [3.8, 4) is 0 Å². The van der Waals surface area contributed by atoms with Crippen LogP contribution < -0.4 is 0 Å². The van der Waals surface area contributed by atoms with E-state index in [-0.39, 0.29) is 0 Å². The fraction of sp³-hybridized carbons (Fsp3) is 0.897. The van der Waals surface area contributed by atoms with Crippen molar-refractivity contribution in [2.75, 3.05) is 0 Å². The summed E-state index contributed by atoms with van der Waals surface area (Å²) in [7, 11) is 0. The Kier molecular flexibility index (Phi) is 6.33. The van der Waals surface area contributed by atoms with Crippen LogP contribution in [0, 0.1) is 46.3 Å². The summed E-state index contributed by atoms with van der Waals surface area (Å²) < 4.78 is 0. The van der Waals surface area contributed by atoms with Crippen molar-refractivity contribution in [2.45, 2.75) is 119 Å². The molecule has 0 amide bonds. The number of allylic oxidation sites excluding steroid dienone is 2. The Labute approximate surface area is 186 Å². The molecule has 4 rings (SSSR count). The van der Waals surface area contributed by atoms with E-state index in [1.807, 2.05) is 11.1 Å². The predicted octanol–water partition coefficient (Wildman–Crippen LogP) is 8.38.